The van der Waals surface area contributed by atoms with E-state index in [1.165, 1.54) is 4.52 Å². The summed E-state index contributed by atoms with van der Waals surface area (Å²) in [6, 6.07) is 3.25. The molecule has 2 aromatic rings. The first-order valence-electron chi connectivity index (χ1n) is 10.9. The van der Waals surface area contributed by atoms with Crippen molar-refractivity contribution in [2.45, 2.75) is 59.4 Å². The first kappa shape index (κ1) is 29.1. The Morgan fingerprint density at radius 1 is 1.03 bits per heavy atom. The Kier molecular flexibility index (Phi) is 10.7. The van der Waals surface area contributed by atoms with Crippen LogP contribution >= 0.6 is 7.60 Å². The van der Waals surface area contributed by atoms with Crippen LogP contribution in [-0.4, -0.2) is 65.2 Å². The van der Waals surface area contributed by atoms with E-state index < -0.39 is 63.7 Å². The summed E-state index contributed by atoms with van der Waals surface area (Å²) in [6.45, 7) is 6.60. The van der Waals surface area contributed by atoms with E-state index in [0.717, 1.165) is 0 Å². The van der Waals surface area contributed by atoms with Gasteiger partial charge in [-0.3, -0.25) is 23.4 Å². The molecule has 0 amide bonds. The van der Waals surface area contributed by atoms with E-state index >= 15 is 0 Å². The second-order valence-electron chi connectivity index (χ2n) is 8.00. The number of nitrogens with two attached hydrogens (primary N) is 1. The molecule has 0 aromatic carbocycles. The lowest BCUT2D eigenvalue weighted by atomic mass is 10.2. The van der Waals surface area contributed by atoms with Crippen LogP contribution in [0.2, 0.25) is 0 Å². The van der Waals surface area contributed by atoms with Gasteiger partial charge in [-0.25, -0.2) is 14.1 Å². The largest absolute Gasteiger partial charge is 0.510 e. The number of ether oxygens (including phenoxy) is 5. The molecule has 202 valence electrons. The molecule has 1 atom stereocenters. The van der Waals surface area contributed by atoms with Crippen molar-refractivity contribution in [3.63, 3.8) is 0 Å². The smallest absolute Gasteiger partial charge is 0.432 e. The highest BCUT2D eigenvalue weighted by atomic mass is 31.2. The van der Waals surface area contributed by atoms with E-state index in [-0.39, 0.29) is 12.4 Å². The number of nitrogen functional groups attached to an aromatic ring is 1. The zero-order chi connectivity index (χ0) is 26.9. The molecule has 0 saturated carbocycles. The van der Waals surface area contributed by atoms with Gasteiger partial charge >= 0.3 is 19.9 Å². The number of aromatic nitrogens is 3. The monoisotopic (exact) mass is 534 g/mol. The van der Waals surface area contributed by atoms with E-state index in [2.05, 4.69) is 10.1 Å². The summed E-state index contributed by atoms with van der Waals surface area (Å²) < 4.78 is 49.3. The number of rotatable bonds is 13. The van der Waals surface area contributed by atoms with Crippen molar-refractivity contribution in [3.8, 4) is 0 Å². The highest BCUT2D eigenvalue weighted by Gasteiger charge is 2.29. The van der Waals surface area contributed by atoms with Crippen molar-refractivity contribution in [2.24, 2.45) is 0 Å². The van der Waals surface area contributed by atoms with Crippen LogP contribution in [-0.2, 0) is 43.7 Å². The van der Waals surface area contributed by atoms with Crippen molar-refractivity contribution in [2.75, 3.05) is 25.7 Å². The number of hydrogen-bond donors (Lipinski definition) is 2. The van der Waals surface area contributed by atoms with Crippen LogP contribution in [0.3, 0.4) is 0 Å². The number of hydrogen-bond acceptors (Lipinski definition) is 13. The van der Waals surface area contributed by atoms with E-state index in [1.807, 2.05) is 0 Å². The number of nitrogens with zero attached hydrogens (tertiary/aromatic N) is 2. The summed E-state index contributed by atoms with van der Waals surface area (Å²) in [6.07, 6.45) is -3.85. The van der Waals surface area contributed by atoms with Crippen LogP contribution in [0.15, 0.2) is 16.9 Å². The summed E-state index contributed by atoms with van der Waals surface area (Å²) in [5.74, 6) is -0.0585. The number of aromatic amines is 1. The maximum absolute atomic E-state index is 13.1. The zero-order valence-corrected chi connectivity index (χ0v) is 21.5. The Hall–Kier alpha value is -3.13. The SMILES string of the molecule is CC(C)OC(=O)OCOP(=O)(COC(C)Cc1ccc2c(=O)[nH]c(N)nn12)OCOC(=O)OC(C)C. The lowest BCUT2D eigenvalue weighted by molar-refractivity contribution is -0.0364. The van der Waals surface area contributed by atoms with E-state index in [9.17, 15) is 18.9 Å². The number of anilines is 1. The summed E-state index contributed by atoms with van der Waals surface area (Å²) in [5.41, 5.74) is 6.10. The minimum absolute atomic E-state index is 0.0585. The molecule has 2 aromatic heterocycles. The molecule has 1 unspecified atom stereocenters. The average Bonchev–Trinajstić information content (AvgIpc) is 3.14. The fourth-order valence-electron chi connectivity index (χ4n) is 2.67. The Bertz CT molecular complexity index is 1100. The molecule has 0 radical (unpaired) electrons. The first-order chi connectivity index (χ1) is 16.9. The zero-order valence-electron chi connectivity index (χ0n) is 20.6. The Balaban J connectivity index is 1.99. The summed E-state index contributed by atoms with van der Waals surface area (Å²) in [7, 11) is -4.09. The van der Waals surface area contributed by atoms with Crippen molar-refractivity contribution in [1.82, 2.24) is 14.6 Å². The van der Waals surface area contributed by atoms with Crippen LogP contribution in [0.4, 0.5) is 15.5 Å². The number of fused-ring (bicyclic) bond motifs is 1. The van der Waals surface area contributed by atoms with E-state index in [4.69, 9.17) is 38.5 Å². The standard InChI is InChI=1S/C20H31N4O11P/c1-12(2)34-19(26)29-9-32-36(28,33-10-30-20(27)35-13(3)4)11-31-14(5)8-15-6-7-16-17(25)22-18(21)23-24(15)16/h6-7,12-14H,8-11H2,1-5H3,(H3,21,22,23,25). The molecule has 15 nitrogen and oxygen atoms in total. The molecule has 36 heavy (non-hydrogen) atoms. The Labute approximate surface area is 206 Å². The van der Waals surface area contributed by atoms with Gasteiger partial charge in [-0.15, -0.1) is 5.10 Å². The third-order valence-electron chi connectivity index (χ3n) is 4.15. The van der Waals surface area contributed by atoms with Crippen LogP contribution in [0.1, 0.15) is 40.3 Å². The van der Waals surface area contributed by atoms with Crippen LogP contribution in [0.5, 0.6) is 0 Å². The average molecular weight is 534 g/mol. The molecule has 2 heterocycles. The Morgan fingerprint density at radius 2 is 1.58 bits per heavy atom. The molecule has 0 spiro atoms. The van der Waals surface area contributed by atoms with Crippen LogP contribution in [0.25, 0.3) is 5.52 Å². The molecular weight excluding hydrogens is 503 g/mol. The van der Waals surface area contributed by atoms with Crippen molar-refractivity contribution < 1.29 is 46.9 Å². The van der Waals surface area contributed by atoms with Gasteiger partial charge in [0, 0.05) is 12.1 Å². The molecular formula is C20H31N4O11P. The summed E-state index contributed by atoms with van der Waals surface area (Å²) in [5, 5.41) is 4.07. The lowest BCUT2D eigenvalue weighted by Gasteiger charge is -2.21. The topological polar surface area (TPSA) is 192 Å². The van der Waals surface area contributed by atoms with Gasteiger partial charge < -0.3 is 29.4 Å². The fourth-order valence-corrected chi connectivity index (χ4v) is 3.76. The molecule has 2 rings (SSSR count). The van der Waals surface area contributed by atoms with Gasteiger partial charge in [0.15, 0.2) is 0 Å². The van der Waals surface area contributed by atoms with Gasteiger partial charge in [-0.1, -0.05) is 0 Å². The maximum atomic E-state index is 13.1. The molecule has 0 aliphatic rings. The third-order valence-corrected chi connectivity index (χ3v) is 5.61. The highest BCUT2D eigenvalue weighted by Crippen LogP contribution is 2.48. The summed E-state index contributed by atoms with van der Waals surface area (Å²) in [4.78, 5) is 37.4. The fraction of sp³-hybridized carbons (Fsp3) is 0.600. The molecule has 0 aliphatic carbocycles. The minimum atomic E-state index is -4.09. The number of nitrogens with one attached hydrogen (secondary N) is 1. The van der Waals surface area contributed by atoms with Crippen LogP contribution in [0, 0.1) is 0 Å². The quantitative estimate of drug-likeness (QED) is 0.217. The second kappa shape index (κ2) is 13.3. The number of H-pyrrole nitrogens is 1. The van der Waals surface area contributed by atoms with Crippen LogP contribution < -0.4 is 11.3 Å². The normalized spacial score (nSPS) is 12.6. The molecule has 16 heteroatoms. The van der Waals surface area contributed by atoms with Gasteiger partial charge in [0.1, 0.15) is 11.9 Å². The predicted molar refractivity (Wildman–Crippen MR) is 124 cm³/mol. The van der Waals surface area contributed by atoms with E-state index in [0.29, 0.717) is 11.2 Å². The molecule has 0 bridgehead atoms. The molecule has 3 N–H and O–H groups in total. The Morgan fingerprint density at radius 3 is 2.11 bits per heavy atom. The van der Waals surface area contributed by atoms with Gasteiger partial charge in [-0.05, 0) is 46.8 Å². The van der Waals surface area contributed by atoms with Gasteiger partial charge in [0.2, 0.25) is 19.5 Å². The molecule has 0 fully saturated rings. The van der Waals surface area contributed by atoms with Gasteiger partial charge in [0.25, 0.3) is 5.56 Å². The first-order valence-corrected chi connectivity index (χ1v) is 12.6. The predicted octanol–water partition coefficient (Wildman–Crippen LogP) is 2.77. The van der Waals surface area contributed by atoms with E-state index in [1.54, 1.807) is 46.8 Å². The molecule has 0 aliphatic heterocycles. The third kappa shape index (κ3) is 9.49. The lowest BCUT2D eigenvalue weighted by Crippen LogP contribution is -2.20. The summed E-state index contributed by atoms with van der Waals surface area (Å²) >= 11 is 0. The second-order valence-corrected chi connectivity index (χ2v) is 9.99. The molecule has 0 saturated heterocycles. The maximum Gasteiger partial charge on any atom is 0.510 e. The van der Waals surface area contributed by atoms with Crippen molar-refractivity contribution in [1.29, 1.82) is 0 Å². The van der Waals surface area contributed by atoms with Gasteiger partial charge in [-0.2, -0.15) is 0 Å². The highest BCUT2D eigenvalue weighted by molar-refractivity contribution is 7.53. The number of carbonyl (C=O) groups is 2. The van der Waals surface area contributed by atoms with Gasteiger partial charge in [0.05, 0.1) is 18.3 Å². The van der Waals surface area contributed by atoms with Crippen molar-refractivity contribution in [3.05, 3.63) is 28.2 Å². The minimum Gasteiger partial charge on any atom is -0.432 e. The number of carbonyl (C=O) groups excluding carboxylic acids is 2. The van der Waals surface area contributed by atoms with Crippen molar-refractivity contribution >= 4 is 31.4 Å².